The normalized spacial score (nSPS) is 18.6. The topological polar surface area (TPSA) is 75.7 Å². The minimum absolute atomic E-state index is 0.0277. The molecule has 0 spiro atoms. The summed E-state index contributed by atoms with van der Waals surface area (Å²) in [6.07, 6.45) is 2.67. The lowest BCUT2D eigenvalue weighted by Crippen LogP contribution is -2.42. The molecular formula is C22H27BrN2O4S. The Hall–Kier alpha value is -1.90. The molecule has 6 nitrogen and oxygen atoms in total. The van der Waals surface area contributed by atoms with E-state index in [0.29, 0.717) is 6.54 Å². The second-order valence-corrected chi connectivity index (χ2v) is 10.3. The van der Waals surface area contributed by atoms with Gasteiger partial charge in [0.1, 0.15) is 10.6 Å². The van der Waals surface area contributed by atoms with Crippen molar-refractivity contribution in [1.29, 1.82) is 0 Å². The first-order valence-corrected chi connectivity index (χ1v) is 12.2. The van der Waals surface area contributed by atoms with Crippen molar-refractivity contribution in [2.75, 3.05) is 13.7 Å². The van der Waals surface area contributed by atoms with Gasteiger partial charge in [0.25, 0.3) is 5.91 Å². The molecule has 2 atom stereocenters. The fourth-order valence-electron chi connectivity index (χ4n) is 3.76. The van der Waals surface area contributed by atoms with Crippen LogP contribution in [0.4, 0.5) is 0 Å². The van der Waals surface area contributed by atoms with Gasteiger partial charge in [0.2, 0.25) is 10.0 Å². The molecule has 1 N–H and O–H groups in total. The van der Waals surface area contributed by atoms with Crippen LogP contribution in [-0.2, 0) is 10.0 Å². The fourth-order valence-corrected chi connectivity index (χ4v) is 6.27. The average Bonchev–Trinajstić information content (AvgIpc) is 2.73. The minimum Gasteiger partial charge on any atom is -0.495 e. The maximum atomic E-state index is 13.3. The van der Waals surface area contributed by atoms with Crippen molar-refractivity contribution in [3.8, 4) is 5.75 Å². The zero-order chi connectivity index (χ0) is 21.9. The molecular weight excluding hydrogens is 468 g/mol. The predicted molar refractivity (Wildman–Crippen MR) is 120 cm³/mol. The van der Waals surface area contributed by atoms with Crippen LogP contribution in [-0.4, -0.2) is 38.3 Å². The zero-order valence-corrected chi connectivity index (χ0v) is 19.8. The van der Waals surface area contributed by atoms with Crippen LogP contribution in [0.2, 0.25) is 0 Å². The van der Waals surface area contributed by atoms with E-state index in [0.717, 1.165) is 29.3 Å². The Kier molecular flexibility index (Phi) is 7.21. The van der Waals surface area contributed by atoms with E-state index in [1.165, 1.54) is 17.5 Å². The average molecular weight is 495 g/mol. The van der Waals surface area contributed by atoms with E-state index in [2.05, 4.69) is 21.2 Å². The maximum Gasteiger partial charge on any atom is 0.251 e. The van der Waals surface area contributed by atoms with Gasteiger partial charge in [0.05, 0.1) is 13.2 Å². The number of hydrogen-bond acceptors (Lipinski definition) is 4. The largest absolute Gasteiger partial charge is 0.495 e. The van der Waals surface area contributed by atoms with E-state index in [-0.39, 0.29) is 34.2 Å². The molecule has 0 saturated carbocycles. The molecule has 1 amide bonds. The molecule has 8 heteroatoms. The number of piperidine rings is 1. The highest BCUT2D eigenvalue weighted by molar-refractivity contribution is 9.10. The summed E-state index contributed by atoms with van der Waals surface area (Å²) in [5.74, 6) is -0.104. The molecule has 0 aliphatic carbocycles. The van der Waals surface area contributed by atoms with Crippen molar-refractivity contribution in [2.45, 2.75) is 50.1 Å². The summed E-state index contributed by atoms with van der Waals surface area (Å²) in [5, 5.41) is 2.94. The van der Waals surface area contributed by atoms with Crippen molar-refractivity contribution in [2.24, 2.45) is 0 Å². The van der Waals surface area contributed by atoms with Gasteiger partial charge >= 0.3 is 0 Å². The standard InChI is InChI=1S/C22H27BrN2O4S/c1-15-8-6-7-13-25(15)30(27,28)21-14-17(11-12-20(21)29-3)22(26)24-16(2)18-9-4-5-10-19(18)23/h4-5,9-12,14-16H,6-8,13H2,1-3H3,(H,24,26). The number of halogens is 1. The molecule has 0 radical (unpaired) electrons. The quantitative estimate of drug-likeness (QED) is 0.640. The highest BCUT2D eigenvalue weighted by atomic mass is 79.9. The molecule has 1 saturated heterocycles. The van der Waals surface area contributed by atoms with Crippen molar-refractivity contribution in [3.05, 3.63) is 58.1 Å². The second kappa shape index (κ2) is 9.49. The minimum atomic E-state index is -3.78. The summed E-state index contributed by atoms with van der Waals surface area (Å²) in [6.45, 7) is 4.27. The van der Waals surface area contributed by atoms with E-state index in [1.807, 2.05) is 38.1 Å². The Balaban J connectivity index is 1.90. The van der Waals surface area contributed by atoms with Crippen LogP contribution in [0.1, 0.15) is 55.1 Å². The number of carbonyl (C=O) groups excluding carboxylic acids is 1. The summed E-state index contributed by atoms with van der Waals surface area (Å²) in [7, 11) is -2.34. The molecule has 2 aromatic carbocycles. The zero-order valence-electron chi connectivity index (χ0n) is 17.4. The number of sulfonamides is 1. The third kappa shape index (κ3) is 4.71. The lowest BCUT2D eigenvalue weighted by Gasteiger charge is -2.32. The molecule has 1 fully saturated rings. The van der Waals surface area contributed by atoms with Crippen LogP contribution in [0.5, 0.6) is 5.75 Å². The van der Waals surface area contributed by atoms with Crippen LogP contribution >= 0.6 is 15.9 Å². The number of hydrogen-bond donors (Lipinski definition) is 1. The summed E-state index contributed by atoms with van der Waals surface area (Å²) in [5.41, 5.74) is 1.22. The molecule has 0 aromatic heterocycles. The number of amides is 1. The van der Waals surface area contributed by atoms with Crippen LogP contribution < -0.4 is 10.1 Å². The van der Waals surface area contributed by atoms with Crippen molar-refractivity contribution >= 4 is 31.9 Å². The smallest absolute Gasteiger partial charge is 0.251 e. The van der Waals surface area contributed by atoms with Crippen LogP contribution in [0.3, 0.4) is 0 Å². The van der Waals surface area contributed by atoms with Crippen molar-refractivity contribution < 1.29 is 17.9 Å². The lowest BCUT2D eigenvalue weighted by molar-refractivity contribution is 0.0939. The van der Waals surface area contributed by atoms with Crippen LogP contribution in [0, 0.1) is 0 Å². The molecule has 1 aliphatic rings. The molecule has 1 heterocycles. The lowest BCUT2D eigenvalue weighted by atomic mass is 10.1. The Morgan fingerprint density at radius 2 is 1.97 bits per heavy atom. The first-order valence-electron chi connectivity index (χ1n) is 10.0. The van der Waals surface area contributed by atoms with Gasteiger partial charge in [0.15, 0.2) is 0 Å². The van der Waals surface area contributed by atoms with Gasteiger partial charge in [-0.3, -0.25) is 4.79 Å². The maximum absolute atomic E-state index is 13.3. The first kappa shape index (κ1) is 22.8. The Bertz CT molecular complexity index is 1030. The van der Waals surface area contributed by atoms with E-state index < -0.39 is 10.0 Å². The molecule has 2 unspecified atom stereocenters. The molecule has 30 heavy (non-hydrogen) atoms. The van der Waals surface area contributed by atoms with E-state index in [4.69, 9.17) is 4.74 Å². The number of nitrogens with zero attached hydrogens (tertiary/aromatic N) is 1. The third-order valence-electron chi connectivity index (χ3n) is 5.47. The Morgan fingerprint density at radius 1 is 1.23 bits per heavy atom. The SMILES string of the molecule is COc1ccc(C(=O)NC(C)c2ccccc2Br)cc1S(=O)(=O)N1CCCCC1C. The van der Waals surface area contributed by atoms with Gasteiger partial charge in [-0.15, -0.1) is 0 Å². The van der Waals surface area contributed by atoms with Gasteiger partial charge < -0.3 is 10.1 Å². The van der Waals surface area contributed by atoms with Crippen LogP contribution in [0.25, 0.3) is 0 Å². The predicted octanol–water partition coefficient (Wildman–Crippen LogP) is 4.51. The van der Waals surface area contributed by atoms with Crippen LogP contribution in [0.15, 0.2) is 51.8 Å². The van der Waals surface area contributed by atoms with Gasteiger partial charge in [-0.1, -0.05) is 40.5 Å². The Morgan fingerprint density at radius 3 is 2.63 bits per heavy atom. The summed E-state index contributed by atoms with van der Waals surface area (Å²) in [4.78, 5) is 12.9. The van der Waals surface area contributed by atoms with Gasteiger partial charge in [0, 0.05) is 22.6 Å². The number of ether oxygens (including phenoxy) is 1. The van der Waals surface area contributed by atoms with E-state index in [9.17, 15) is 13.2 Å². The molecule has 1 aliphatic heterocycles. The number of carbonyl (C=O) groups is 1. The third-order valence-corrected chi connectivity index (χ3v) is 8.23. The van der Waals surface area contributed by atoms with E-state index >= 15 is 0 Å². The van der Waals surface area contributed by atoms with Crippen molar-refractivity contribution in [3.63, 3.8) is 0 Å². The fraction of sp³-hybridized carbons (Fsp3) is 0.409. The van der Waals surface area contributed by atoms with Crippen molar-refractivity contribution in [1.82, 2.24) is 9.62 Å². The molecule has 162 valence electrons. The molecule has 2 aromatic rings. The monoisotopic (exact) mass is 494 g/mol. The van der Waals surface area contributed by atoms with Gasteiger partial charge in [-0.05, 0) is 56.5 Å². The molecule has 0 bridgehead atoms. The number of methoxy groups -OCH3 is 1. The van der Waals surface area contributed by atoms with Gasteiger partial charge in [-0.2, -0.15) is 4.31 Å². The summed E-state index contributed by atoms with van der Waals surface area (Å²) in [6, 6.07) is 11.9. The molecule has 3 rings (SSSR count). The summed E-state index contributed by atoms with van der Waals surface area (Å²) >= 11 is 3.50. The highest BCUT2D eigenvalue weighted by Gasteiger charge is 2.33. The Labute approximate surface area is 186 Å². The van der Waals surface area contributed by atoms with E-state index in [1.54, 1.807) is 12.1 Å². The number of benzene rings is 2. The number of rotatable bonds is 6. The highest BCUT2D eigenvalue weighted by Crippen LogP contribution is 2.32. The first-order chi connectivity index (χ1) is 14.3. The summed E-state index contributed by atoms with van der Waals surface area (Å²) < 4.78 is 34.4. The second-order valence-electron chi connectivity index (χ2n) is 7.54. The van der Waals surface area contributed by atoms with Gasteiger partial charge in [-0.25, -0.2) is 8.42 Å². The number of nitrogens with one attached hydrogen (secondary N) is 1.